The second kappa shape index (κ2) is 5.48. The molecular weight excluding hydrogens is 287 g/mol. The Morgan fingerprint density at radius 3 is 2.37 bits per heavy atom. The molecule has 8 heteroatoms. The number of aliphatic carboxylic acids is 1. The number of rotatable bonds is 3. The van der Waals surface area contributed by atoms with Crippen LogP contribution < -0.4 is 0 Å². The number of halogens is 4. The maximum absolute atomic E-state index is 12.5. The zero-order valence-electron chi connectivity index (χ0n) is 9.66. The summed E-state index contributed by atoms with van der Waals surface area (Å²) in [6.45, 7) is -0.618. The lowest BCUT2D eigenvalue weighted by Gasteiger charge is -2.16. The van der Waals surface area contributed by atoms with Crippen LogP contribution in [0.1, 0.15) is 15.9 Å². The standard InChI is InChI=1S/C11H9ClF3NO3/c1-16(5-9(17)18)10(19)6-2-7(11(13,14)15)4-8(12)3-6/h2-4H,5H2,1H3,(H,17,18). The number of carboxylic acids is 1. The highest BCUT2D eigenvalue weighted by molar-refractivity contribution is 6.31. The van der Waals surface area contributed by atoms with Gasteiger partial charge in [-0.15, -0.1) is 0 Å². The van der Waals surface area contributed by atoms with Crippen molar-refractivity contribution in [3.8, 4) is 0 Å². The van der Waals surface area contributed by atoms with Gasteiger partial charge in [-0.25, -0.2) is 0 Å². The number of carbonyl (C=O) groups excluding carboxylic acids is 1. The van der Waals surface area contributed by atoms with E-state index < -0.39 is 30.2 Å². The van der Waals surface area contributed by atoms with E-state index in [1.54, 1.807) is 0 Å². The van der Waals surface area contributed by atoms with Crippen molar-refractivity contribution in [2.24, 2.45) is 0 Å². The van der Waals surface area contributed by atoms with Crippen LogP contribution in [0.25, 0.3) is 0 Å². The molecule has 19 heavy (non-hydrogen) atoms. The molecule has 0 saturated heterocycles. The molecule has 0 saturated carbocycles. The Morgan fingerprint density at radius 1 is 1.32 bits per heavy atom. The van der Waals surface area contributed by atoms with E-state index >= 15 is 0 Å². The number of hydrogen-bond donors (Lipinski definition) is 1. The van der Waals surface area contributed by atoms with Crippen molar-refractivity contribution < 1.29 is 27.9 Å². The maximum atomic E-state index is 12.5. The lowest BCUT2D eigenvalue weighted by molar-refractivity contribution is -0.138. The molecule has 0 heterocycles. The monoisotopic (exact) mass is 295 g/mol. The van der Waals surface area contributed by atoms with Crippen molar-refractivity contribution in [3.05, 3.63) is 34.3 Å². The van der Waals surface area contributed by atoms with Gasteiger partial charge in [0.15, 0.2) is 0 Å². The highest BCUT2D eigenvalue weighted by Gasteiger charge is 2.32. The third kappa shape index (κ3) is 4.13. The van der Waals surface area contributed by atoms with Gasteiger partial charge >= 0.3 is 12.1 Å². The Morgan fingerprint density at radius 2 is 1.89 bits per heavy atom. The number of carboxylic acid groups (broad SMARTS) is 1. The van der Waals surface area contributed by atoms with Crippen LogP contribution >= 0.6 is 11.6 Å². The molecule has 0 aromatic heterocycles. The van der Waals surface area contributed by atoms with E-state index in [1.165, 1.54) is 7.05 Å². The van der Waals surface area contributed by atoms with E-state index in [2.05, 4.69) is 0 Å². The summed E-state index contributed by atoms with van der Waals surface area (Å²) in [6, 6.07) is 2.37. The summed E-state index contributed by atoms with van der Waals surface area (Å²) >= 11 is 5.52. The molecule has 0 atom stereocenters. The Balaban J connectivity index is 3.10. The zero-order valence-corrected chi connectivity index (χ0v) is 10.4. The van der Waals surface area contributed by atoms with Crippen molar-refractivity contribution in [2.45, 2.75) is 6.18 Å². The van der Waals surface area contributed by atoms with Gasteiger partial charge in [0.1, 0.15) is 6.54 Å². The van der Waals surface area contributed by atoms with Crippen LogP contribution in [0.5, 0.6) is 0 Å². The van der Waals surface area contributed by atoms with E-state index in [9.17, 15) is 22.8 Å². The first-order valence-corrected chi connectivity index (χ1v) is 5.34. The first-order valence-electron chi connectivity index (χ1n) is 4.96. The molecule has 0 aliphatic carbocycles. The lowest BCUT2D eigenvalue weighted by Crippen LogP contribution is -2.32. The number of benzene rings is 1. The minimum absolute atomic E-state index is 0.248. The second-order valence-corrected chi connectivity index (χ2v) is 4.22. The van der Waals surface area contributed by atoms with Gasteiger partial charge in [0.25, 0.3) is 5.91 Å². The van der Waals surface area contributed by atoms with Crippen molar-refractivity contribution in [2.75, 3.05) is 13.6 Å². The summed E-state index contributed by atoms with van der Waals surface area (Å²) in [5.74, 6) is -2.12. The van der Waals surface area contributed by atoms with Gasteiger partial charge in [-0.3, -0.25) is 9.59 Å². The fraction of sp³-hybridized carbons (Fsp3) is 0.273. The molecule has 0 bridgehead atoms. The summed E-state index contributed by atoms with van der Waals surface area (Å²) in [7, 11) is 1.17. The maximum Gasteiger partial charge on any atom is 0.416 e. The molecule has 1 aromatic rings. The largest absolute Gasteiger partial charge is 0.480 e. The Hall–Kier alpha value is -1.76. The van der Waals surface area contributed by atoms with Gasteiger partial charge in [-0.1, -0.05) is 11.6 Å². The topological polar surface area (TPSA) is 57.6 Å². The molecule has 1 rings (SSSR count). The molecule has 0 aliphatic rings. The molecular formula is C11H9ClF3NO3. The number of likely N-dealkylation sites (N-methyl/N-ethyl adjacent to an activating group) is 1. The molecule has 1 N–H and O–H groups in total. The van der Waals surface area contributed by atoms with Gasteiger partial charge in [0.05, 0.1) is 5.56 Å². The summed E-state index contributed by atoms with van der Waals surface area (Å²) in [6.07, 6.45) is -4.63. The van der Waals surface area contributed by atoms with Crippen molar-refractivity contribution in [1.82, 2.24) is 4.90 Å². The van der Waals surface area contributed by atoms with E-state index in [0.717, 1.165) is 11.0 Å². The quantitative estimate of drug-likeness (QED) is 0.932. The second-order valence-electron chi connectivity index (χ2n) is 3.78. The number of alkyl halides is 3. The van der Waals surface area contributed by atoms with Gasteiger partial charge in [0.2, 0.25) is 0 Å². The summed E-state index contributed by atoms with van der Waals surface area (Å²) in [5, 5.41) is 8.27. The van der Waals surface area contributed by atoms with E-state index in [4.69, 9.17) is 16.7 Å². The summed E-state index contributed by atoms with van der Waals surface area (Å²) in [5.41, 5.74) is -1.38. The number of amides is 1. The predicted octanol–water partition coefficient (Wildman–Crippen LogP) is 2.52. The predicted molar refractivity (Wildman–Crippen MR) is 61.1 cm³/mol. The van der Waals surface area contributed by atoms with E-state index in [0.29, 0.717) is 12.1 Å². The Bertz CT molecular complexity index is 516. The lowest BCUT2D eigenvalue weighted by atomic mass is 10.1. The highest BCUT2D eigenvalue weighted by atomic mass is 35.5. The Kier molecular flexibility index (Phi) is 4.41. The van der Waals surface area contributed by atoms with E-state index in [-0.39, 0.29) is 10.6 Å². The normalized spacial score (nSPS) is 11.2. The molecule has 0 fully saturated rings. The summed E-state index contributed by atoms with van der Waals surface area (Å²) in [4.78, 5) is 23.0. The third-order valence-electron chi connectivity index (χ3n) is 2.19. The van der Waals surface area contributed by atoms with Crippen LogP contribution in [0.3, 0.4) is 0 Å². The smallest absolute Gasteiger partial charge is 0.416 e. The van der Waals surface area contributed by atoms with E-state index in [1.807, 2.05) is 0 Å². The van der Waals surface area contributed by atoms with Crippen molar-refractivity contribution in [3.63, 3.8) is 0 Å². The molecule has 0 spiro atoms. The first kappa shape index (κ1) is 15.3. The van der Waals surface area contributed by atoms with Crippen LogP contribution in [0, 0.1) is 0 Å². The molecule has 0 aliphatic heterocycles. The zero-order chi connectivity index (χ0) is 14.8. The Labute approximate surface area is 111 Å². The van der Waals surface area contributed by atoms with Gasteiger partial charge in [-0.2, -0.15) is 13.2 Å². The average Bonchev–Trinajstić information content (AvgIpc) is 2.25. The minimum Gasteiger partial charge on any atom is -0.480 e. The number of hydrogen-bond acceptors (Lipinski definition) is 2. The molecule has 4 nitrogen and oxygen atoms in total. The average molecular weight is 296 g/mol. The molecule has 0 radical (unpaired) electrons. The van der Waals surface area contributed by atoms with Crippen LogP contribution in [-0.4, -0.2) is 35.5 Å². The molecule has 104 valence electrons. The number of carbonyl (C=O) groups is 2. The van der Waals surface area contributed by atoms with Crippen LogP contribution in [0.15, 0.2) is 18.2 Å². The van der Waals surface area contributed by atoms with Gasteiger partial charge < -0.3 is 10.0 Å². The van der Waals surface area contributed by atoms with Crippen molar-refractivity contribution >= 4 is 23.5 Å². The van der Waals surface area contributed by atoms with Gasteiger partial charge in [-0.05, 0) is 18.2 Å². The third-order valence-corrected chi connectivity index (χ3v) is 2.41. The minimum atomic E-state index is -4.63. The molecule has 0 unspecified atom stereocenters. The highest BCUT2D eigenvalue weighted by Crippen LogP contribution is 2.32. The van der Waals surface area contributed by atoms with Crippen LogP contribution in [-0.2, 0) is 11.0 Å². The molecule has 1 amide bonds. The fourth-order valence-electron chi connectivity index (χ4n) is 1.37. The van der Waals surface area contributed by atoms with Crippen molar-refractivity contribution in [1.29, 1.82) is 0 Å². The number of nitrogens with zero attached hydrogens (tertiary/aromatic N) is 1. The fourth-order valence-corrected chi connectivity index (χ4v) is 1.61. The summed E-state index contributed by atoms with van der Waals surface area (Å²) < 4.78 is 37.6. The first-order chi connectivity index (χ1) is 8.61. The van der Waals surface area contributed by atoms with Crippen LogP contribution in [0.4, 0.5) is 13.2 Å². The SMILES string of the molecule is CN(CC(=O)O)C(=O)c1cc(Cl)cc(C(F)(F)F)c1. The van der Waals surface area contributed by atoms with Gasteiger partial charge in [0, 0.05) is 17.6 Å². The molecule has 1 aromatic carbocycles. The van der Waals surface area contributed by atoms with Crippen LogP contribution in [0.2, 0.25) is 5.02 Å².